The van der Waals surface area contributed by atoms with Crippen molar-refractivity contribution in [3.63, 3.8) is 0 Å². The van der Waals surface area contributed by atoms with E-state index >= 15 is 0 Å². The van der Waals surface area contributed by atoms with Gasteiger partial charge in [0.1, 0.15) is 0 Å². The molecule has 0 N–H and O–H groups in total. The molecule has 0 aliphatic carbocycles. The number of hydrogen-bond donors (Lipinski definition) is 0. The van der Waals surface area contributed by atoms with E-state index in [1.165, 1.54) is 70.2 Å². The van der Waals surface area contributed by atoms with Crippen LogP contribution in [0.25, 0.3) is 64.6 Å². The molecule has 0 unspecified atom stereocenters. The fraction of sp³-hybridized carbons (Fsp3) is 0.0323. The second-order valence-corrected chi connectivity index (χ2v) is 8.69. The van der Waals surface area contributed by atoms with Gasteiger partial charge in [-0.15, -0.1) is 0 Å². The van der Waals surface area contributed by atoms with Crippen LogP contribution in [0.4, 0.5) is 0 Å². The Hall–Kier alpha value is -3.90. The van der Waals surface area contributed by atoms with Crippen molar-refractivity contribution in [2.75, 3.05) is 0 Å². The smallest absolute Gasteiger partial charge is 0.00987 e. The van der Waals surface area contributed by atoms with Crippen LogP contribution in [0, 0.1) is 6.92 Å². The van der Waals surface area contributed by atoms with Crippen LogP contribution in [0.5, 0.6) is 0 Å². The van der Waals surface area contributed by atoms with Gasteiger partial charge in [0.2, 0.25) is 0 Å². The first-order valence-corrected chi connectivity index (χ1v) is 10.9. The van der Waals surface area contributed by atoms with Gasteiger partial charge in [0.25, 0.3) is 0 Å². The molecule has 7 rings (SSSR count). The Bertz CT molecular complexity index is 1840. The molecule has 0 nitrogen and oxygen atoms in total. The fourth-order valence-corrected chi connectivity index (χ4v) is 5.32. The van der Waals surface area contributed by atoms with E-state index in [4.69, 9.17) is 0 Å². The highest BCUT2D eigenvalue weighted by molar-refractivity contribution is 6.23. The first-order valence-electron chi connectivity index (χ1n) is 10.9. The van der Waals surface area contributed by atoms with Crippen LogP contribution in [0.2, 0.25) is 0 Å². The van der Waals surface area contributed by atoms with Crippen molar-refractivity contribution in [1.82, 2.24) is 0 Å². The van der Waals surface area contributed by atoms with Crippen molar-refractivity contribution >= 4 is 64.6 Å². The van der Waals surface area contributed by atoms with E-state index < -0.39 is 0 Å². The predicted octanol–water partition coefficient (Wildman–Crippen LogP) is 8.91. The monoisotopic (exact) mass is 392 g/mol. The summed E-state index contributed by atoms with van der Waals surface area (Å²) in [7, 11) is 0. The van der Waals surface area contributed by atoms with Crippen LogP contribution in [-0.2, 0) is 0 Å². The lowest BCUT2D eigenvalue weighted by Gasteiger charge is -2.12. The van der Waals surface area contributed by atoms with Crippen LogP contribution < -0.4 is 0 Å². The van der Waals surface area contributed by atoms with Crippen molar-refractivity contribution < 1.29 is 0 Å². The van der Waals surface area contributed by atoms with Gasteiger partial charge in [0, 0.05) is 0 Å². The standard InChI is InChI=1S/C31H20/c1-19-6-11-25-21(16-19)8-15-29-27(25)14-10-23-17-30-22(18-31(23)29)9-13-26-24-5-3-2-4-20(24)7-12-28(26)30/h2-18H,1H3. The molecular formula is C31H20. The summed E-state index contributed by atoms with van der Waals surface area (Å²) < 4.78 is 0. The van der Waals surface area contributed by atoms with Gasteiger partial charge in [0.05, 0.1) is 0 Å². The lowest BCUT2D eigenvalue weighted by molar-refractivity contribution is 1.51. The molecule has 0 amide bonds. The summed E-state index contributed by atoms with van der Waals surface area (Å²) in [6, 6.07) is 38.4. The summed E-state index contributed by atoms with van der Waals surface area (Å²) in [4.78, 5) is 0. The minimum Gasteiger partial charge on any atom is -0.0616 e. The lowest BCUT2D eigenvalue weighted by Crippen LogP contribution is -1.84. The molecule has 0 atom stereocenters. The van der Waals surface area contributed by atoms with Gasteiger partial charge in [-0.25, -0.2) is 0 Å². The normalized spacial score (nSPS) is 12.0. The Morgan fingerprint density at radius 1 is 0.323 bits per heavy atom. The molecule has 0 aliphatic rings. The van der Waals surface area contributed by atoms with Crippen LogP contribution in [0.3, 0.4) is 0 Å². The Balaban J connectivity index is 1.60. The summed E-state index contributed by atoms with van der Waals surface area (Å²) in [6.07, 6.45) is 0. The molecule has 0 bridgehead atoms. The van der Waals surface area contributed by atoms with E-state index in [9.17, 15) is 0 Å². The third-order valence-corrected chi connectivity index (χ3v) is 6.85. The van der Waals surface area contributed by atoms with Crippen LogP contribution in [0.1, 0.15) is 5.56 Å². The van der Waals surface area contributed by atoms with E-state index in [0.29, 0.717) is 0 Å². The number of rotatable bonds is 0. The Labute approximate surface area is 180 Å². The average molecular weight is 393 g/mol. The second-order valence-electron chi connectivity index (χ2n) is 8.69. The SMILES string of the molecule is Cc1ccc2c(ccc3c4cc5ccc6c7ccccc7ccc6c5cc4ccc23)c1. The quantitative estimate of drug-likeness (QED) is 0.178. The molecule has 0 spiro atoms. The highest BCUT2D eigenvalue weighted by atomic mass is 14.1. The van der Waals surface area contributed by atoms with Gasteiger partial charge in [-0.2, -0.15) is 0 Å². The largest absolute Gasteiger partial charge is 0.0616 e. The van der Waals surface area contributed by atoms with Gasteiger partial charge in [-0.05, 0) is 83.7 Å². The maximum atomic E-state index is 2.38. The average Bonchev–Trinajstić information content (AvgIpc) is 2.81. The first-order chi connectivity index (χ1) is 15.3. The molecular weight excluding hydrogens is 372 g/mol. The predicted molar refractivity (Wildman–Crippen MR) is 136 cm³/mol. The first kappa shape index (κ1) is 16.8. The van der Waals surface area contributed by atoms with Gasteiger partial charge < -0.3 is 0 Å². The third-order valence-electron chi connectivity index (χ3n) is 6.85. The van der Waals surface area contributed by atoms with E-state index in [-0.39, 0.29) is 0 Å². The molecule has 0 saturated carbocycles. The molecule has 0 heterocycles. The Kier molecular flexibility index (Phi) is 3.29. The summed E-state index contributed by atoms with van der Waals surface area (Å²) in [6.45, 7) is 2.16. The third kappa shape index (κ3) is 2.36. The maximum absolute atomic E-state index is 2.38. The summed E-state index contributed by atoms with van der Waals surface area (Å²) in [5.41, 5.74) is 1.30. The van der Waals surface area contributed by atoms with E-state index in [2.05, 4.69) is 110 Å². The molecule has 0 fully saturated rings. The zero-order chi connectivity index (χ0) is 20.5. The van der Waals surface area contributed by atoms with Crippen LogP contribution in [0.15, 0.2) is 103 Å². The summed E-state index contributed by atoms with van der Waals surface area (Å²) >= 11 is 0. The summed E-state index contributed by atoms with van der Waals surface area (Å²) in [5.74, 6) is 0. The highest BCUT2D eigenvalue weighted by Gasteiger charge is 2.09. The second kappa shape index (κ2) is 6.06. The highest BCUT2D eigenvalue weighted by Crippen LogP contribution is 2.37. The van der Waals surface area contributed by atoms with Gasteiger partial charge in [-0.3, -0.25) is 0 Å². The van der Waals surface area contributed by atoms with E-state index in [1.807, 2.05) is 0 Å². The minimum atomic E-state index is 1.29. The topological polar surface area (TPSA) is 0 Å². The van der Waals surface area contributed by atoms with E-state index in [1.54, 1.807) is 0 Å². The van der Waals surface area contributed by atoms with Gasteiger partial charge >= 0.3 is 0 Å². The van der Waals surface area contributed by atoms with Crippen molar-refractivity contribution in [2.24, 2.45) is 0 Å². The minimum absolute atomic E-state index is 1.29. The van der Waals surface area contributed by atoms with Crippen molar-refractivity contribution in [1.29, 1.82) is 0 Å². The number of benzene rings is 7. The van der Waals surface area contributed by atoms with Crippen LogP contribution in [-0.4, -0.2) is 0 Å². The molecule has 7 aromatic carbocycles. The van der Waals surface area contributed by atoms with Crippen molar-refractivity contribution in [3.8, 4) is 0 Å². The zero-order valence-corrected chi connectivity index (χ0v) is 17.3. The molecule has 0 aromatic heterocycles. The van der Waals surface area contributed by atoms with Crippen LogP contribution >= 0.6 is 0 Å². The van der Waals surface area contributed by atoms with Crippen molar-refractivity contribution in [3.05, 3.63) is 109 Å². The fourth-order valence-electron chi connectivity index (χ4n) is 5.32. The molecule has 0 heteroatoms. The number of hydrogen-bond acceptors (Lipinski definition) is 0. The summed E-state index contributed by atoms with van der Waals surface area (Å²) in [5, 5.41) is 15.8. The van der Waals surface area contributed by atoms with E-state index in [0.717, 1.165) is 0 Å². The maximum Gasteiger partial charge on any atom is -0.00987 e. The molecule has 0 radical (unpaired) electrons. The number of aryl methyl sites for hydroxylation is 1. The van der Waals surface area contributed by atoms with Gasteiger partial charge in [-0.1, -0.05) is 96.6 Å². The molecule has 7 aromatic rings. The molecule has 0 aliphatic heterocycles. The molecule has 144 valence electrons. The molecule has 31 heavy (non-hydrogen) atoms. The van der Waals surface area contributed by atoms with Gasteiger partial charge in [0.15, 0.2) is 0 Å². The lowest BCUT2D eigenvalue weighted by atomic mass is 9.92. The Morgan fingerprint density at radius 2 is 0.774 bits per heavy atom. The van der Waals surface area contributed by atoms with Crippen molar-refractivity contribution in [2.45, 2.75) is 6.92 Å². The Morgan fingerprint density at radius 3 is 1.42 bits per heavy atom. The zero-order valence-electron chi connectivity index (χ0n) is 17.3. The molecule has 0 saturated heterocycles. The number of fused-ring (bicyclic) bond motifs is 10.